The lowest BCUT2D eigenvalue weighted by Crippen LogP contribution is -1.98. The lowest BCUT2D eigenvalue weighted by molar-refractivity contribution is 1.17. The van der Waals surface area contributed by atoms with Gasteiger partial charge in [0, 0.05) is 69.6 Å². The van der Waals surface area contributed by atoms with Gasteiger partial charge in [0.15, 0.2) is 5.82 Å². The number of benzene rings is 8. The van der Waals surface area contributed by atoms with E-state index in [9.17, 15) is 0 Å². The molecule has 0 saturated carbocycles. The van der Waals surface area contributed by atoms with E-state index in [1.54, 1.807) is 0 Å². The van der Waals surface area contributed by atoms with E-state index in [0.29, 0.717) is 5.82 Å². The van der Waals surface area contributed by atoms with Gasteiger partial charge in [-0.3, -0.25) is 0 Å². The SMILES string of the molecule is c1ccc(-c2nc(-c3cccc(-n4c5ccccc5c5c6sc7ccccc7c6c6c(c7ccccc7n6-c6ccccc6)c54)c3)nc3ccccc23)cc1. The molecular weight excluding hydrogens is 689 g/mol. The highest BCUT2D eigenvalue weighted by Crippen LogP contribution is 2.51. The monoisotopic (exact) mass is 718 g/mol. The summed E-state index contributed by atoms with van der Waals surface area (Å²) < 4.78 is 7.57. The molecule has 0 bridgehead atoms. The van der Waals surface area contributed by atoms with Crippen molar-refractivity contribution in [2.75, 3.05) is 0 Å². The summed E-state index contributed by atoms with van der Waals surface area (Å²) in [5.41, 5.74) is 10.9. The summed E-state index contributed by atoms with van der Waals surface area (Å²) in [6.07, 6.45) is 0. The molecule has 0 saturated heterocycles. The quantitative estimate of drug-likeness (QED) is 0.182. The number of aromatic nitrogens is 4. The molecule has 256 valence electrons. The van der Waals surface area contributed by atoms with E-state index >= 15 is 0 Å². The molecule has 0 fully saturated rings. The Kier molecular flexibility index (Phi) is 6.47. The van der Waals surface area contributed by atoms with Crippen LogP contribution < -0.4 is 0 Å². The number of thiophene rings is 1. The summed E-state index contributed by atoms with van der Waals surface area (Å²) >= 11 is 1.90. The molecule has 0 spiro atoms. The van der Waals surface area contributed by atoms with Gasteiger partial charge in [0.05, 0.1) is 33.3 Å². The Hall–Kier alpha value is -7.08. The van der Waals surface area contributed by atoms with E-state index < -0.39 is 0 Å². The van der Waals surface area contributed by atoms with Crippen LogP contribution in [0.2, 0.25) is 0 Å². The summed E-state index contributed by atoms with van der Waals surface area (Å²) in [6, 6.07) is 65.0. The van der Waals surface area contributed by atoms with Gasteiger partial charge in [-0.05, 0) is 48.5 Å². The van der Waals surface area contributed by atoms with E-state index in [0.717, 1.165) is 39.1 Å². The van der Waals surface area contributed by atoms with Crippen molar-refractivity contribution in [1.29, 1.82) is 0 Å². The number of fused-ring (bicyclic) bond motifs is 13. The molecule has 0 aliphatic rings. The maximum absolute atomic E-state index is 5.26. The summed E-state index contributed by atoms with van der Waals surface area (Å²) in [5, 5.41) is 8.64. The fourth-order valence-corrected chi connectivity index (χ4v) is 10.1. The molecule has 0 N–H and O–H groups in total. The second kappa shape index (κ2) is 11.7. The number of hydrogen-bond donors (Lipinski definition) is 0. The maximum Gasteiger partial charge on any atom is 0.160 e. The van der Waals surface area contributed by atoms with Crippen LogP contribution >= 0.6 is 11.3 Å². The standard InChI is InChI=1S/C50H30N4S/c1-3-16-31(17-4-1)46-35-22-7-11-26-39(35)51-50(52-46)32-18-15-21-34(30-32)54-41-28-13-9-24-37(41)44-47(54)43-36-23-8-12-27-40(36)53(33-19-5-2-6-20-33)48(43)45-38-25-10-14-29-42(38)55-49(44)45/h1-30H. The van der Waals surface area contributed by atoms with Gasteiger partial charge >= 0.3 is 0 Å². The summed E-state index contributed by atoms with van der Waals surface area (Å²) in [6.45, 7) is 0. The molecule has 0 aliphatic heterocycles. The van der Waals surface area contributed by atoms with Crippen LogP contribution in [0, 0.1) is 0 Å². The Bertz CT molecular complexity index is 3480. The zero-order valence-corrected chi connectivity index (χ0v) is 30.3. The van der Waals surface area contributed by atoms with Crippen molar-refractivity contribution >= 4 is 86.0 Å². The van der Waals surface area contributed by atoms with E-state index in [-0.39, 0.29) is 0 Å². The maximum atomic E-state index is 5.26. The Balaban J connectivity index is 1.24. The minimum Gasteiger partial charge on any atom is -0.308 e. The zero-order valence-electron chi connectivity index (χ0n) is 29.5. The second-order valence-electron chi connectivity index (χ2n) is 14.1. The van der Waals surface area contributed by atoms with Gasteiger partial charge in [0.25, 0.3) is 0 Å². The van der Waals surface area contributed by atoms with Gasteiger partial charge in [-0.25, -0.2) is 9.97 Å². The van der Waals surface area contributed by atoms with Crippen molar-refractivity contribution < 1.29 is 0 Å². The van der Waals surface area contributed by atoms with Crippen molar-refractivity contribution in [2.45, 2.75) is 0 Å². The van der Waals surface area contributed by atoms with Gasteiger partial charge < -0.3 is 9.13 Å². The third kappa shape index (κ3) is 4.39. The first-order chi connectivity index (χ1) is 27.3. The lowest BCUT2D eigenvalue weighted by atomic mass is 10.0. The average molecular weight is 719 g/mol. The molecule has 8 aromatic carbocycles. The molecule has 0 aliphatic carbocycles. The molecule has 0 amide bonds. The molecule has 12 aromatic rings. The molecule has 0 atom stereocenters. The highest BCUT2D eigenvalue weighted by Gasteiger charge is 2.26. The van der Waals surface area contributed by atoms with E-state index in [4.69, 9.17) is 9.97 Å². The van der Waals surface area contributed by atoms with Crippen LogP contribution in [0.3, 0.4) is 0 Å². The van der Waals surface area contributed by atoms with Crippen molar-refractivity contribution in [3.8, 4) is 34.0 Å². The molecule has 4 heterocycles. The predicted octanol–water partition coefficient (Wildman–Crippen LogP) is 13.5. The highest BCUT2D eigenvalue weighted by molar-refractivity contribution is 7.27. The second-order valence-corrected chi connectivity index (χ2v) is 15.2. The first kappa shape index (κ1) is 30.4. The number of para-hydroxylation sites is 4. The molecule has 0 radical (unpaired) electrons. The average Bonchev–Trinajstić information content (AvgIpc) is 3.92. The Morgan fingerprint density at radius 3 is 1.71 bits per heavy atom. The van der Waals surface area contributed by atoms with Crippen molar-refractivity contribution in [2.24, 2.45) is 0 Å². The van der Waals surface area contributed by atoms with Crippen molar-refractivity contribution in [3.05, 3.63) is 182 Å². The lowest BCUT2D eigenvalue weighted by Gasteiger charge is -2.13. The minimum atomic E-state index is 0.706. The molecule has 55 heavy (non-hydrogen) atoms. The predicted molar refractivity (Wildman–Crippen MR) is 232 cm³/mol. The normalized spacial score (nSPS) is 12.0. The molecule has 4 nitrogen and oxygen atoms in total. The molecule has 12 rings (SSSR count). The highest BCUT2D eigenvalue weighted by atomic mass is 32.1. The van der Waals surface area contributed by atoms with E-state index in [1.807, 2.05) is 23.5 Å². The van der Waals surface area contributed by atoms with Crippen LogP contribution in [-0.2, 0) is 0 Å². The van der Waals surface area contributed by atoms with Crippen LogP contribution in [0.5, 0.6) is 0 Å². The minimum absolute atomic E-state index is 0.706. The first-order valence-electron chi connectivity index (χ1n) is 18.6. The van der Waals surface area contributed by atoms with Crippen molar-refractivity contribution in [3.63, 3.8) is 0 Å². The molecule has 5 heteroatoms. The van der Waals surface area contributed by atoms with Gasteiger partial charge in [0.1, 0.15) is 0 Å². The number of nitrogens with zero attached hydrogens (tertiary/aromatic N) is 4. The fraction of sp³-hybridized carbons (Fsp3) is 0. The van der Waals surface area contributed by atoms with Gasteiger partial charge in [-0.15, -0.1) is 11.3 Å². The third-order valence-electron chi connectivity index (χ3n) is 11.1. The molecule has 0 unspecified atom stereocenters. The zero-order chi connectivity index (χ0) is 36.0. The van der Waals surface area contributed by atoms with E-state index in [1.165, 1.54) is 63.8 Å². The summed E-state index contributed by atoms with van der Waals surface area (Å²) in [5.74, 6) is 0.706. The summed E-state index contributed by atoms with van der Waals surface area (Å²) in [7, 11) is 0. The summed E-state index contributed by atoms with van der Waals surface area (Å²) in [4.78, 5) is 10.4. The molecular formula is C50H30N4S. The van der Waals surface area contributed by atoms with Crippen LogP contribution in [0.4, 0.5) is 0 Å². The topological polar surface area (TPSA) is 35.6 Å². The number of rotatable bonds is 4. The van der Waals surface area contributed by atoms with Gasteiger partial charge in [-0.2, -0.15) is 0 Å². The number of hydrogen-bond acceptors (Lipinski definition) is 3. The van der Waals surface area contributed by atoms with Crippen LogP contribution in [0.25, 0.3) is 109 Å². The Morgan fingerprint density at radius 2 is 0.945 bits per heavy atom. The fourth-order valence-electron chi connectivity index (χ4n) is 8.80. The Morgan fingerprint density at radius 1 is 0.400 bits per heavy atom. The van der Waals surface area contributed by atoms with Gasteiger partial charge in [0.2, 0.25) is 0 Å². The van der Waals surface area contributed by atoms with Gasteiger partial charge in [-0.1, -0.05) is 133 Å². The van der Waals surface area contributed by atoms with E-state index in [2.05, 4.69) is 179 Å². The smallest absolute Gasteiger partial charge is 0.160 e. The largest absolute Gasteiger partial charge is 0.308 e. The van der Waals surface area contributed by atoms with Crippen molar-refractivity contribution in [1.82, 2.24) is 19.1 Å². The van der Waals surface area contributed by atoms with Crippen LogP contribution in [0.15, 0.2) is 182 Å². The Labute approximate surface area is 319 Å². The first-order valence-corrected chi connectivity index (χ1v) is 19.4. The van der Waals surface area contributed by atoms with Crippen LogP contribution in [-0.4, -0.2) is 19.1 Å². The third-order valence-corrected chi connectivity index (χ3v) is 12.3. The van der Waals surface area contributed by atoms with Crippen LogP contribution in [0.1, 0.15) is 0 Å². The molecule has 4 aromatic heterocycles.